The molecule has 7 heteroatoms. The number of rotatable bonds is 6. The van der Waals surface area contributed by atoms with Crippen LogP contribution in [0.5, 0.6) is 0 Å². The smallest absolute Gasteiger partial charge is 0.227 e. The summed E-state index contributed by atoms with van der Waals surface area (Å²) >= 11 is 6.08. The molecule has 182 valence electrons. The summed E-state index contributed by atoms with van der Waals surface area (Å²) in [5.74, 6) is 1.64. The summed E-state index contributed by atoms with van der Waals surface area (Å²) in [5, 5.41) is 12.5. The standard InChI is InChI=1S/C27H32ClNO4S/c1-16(26-19-4-2-5-20(26)12-19)27(31)29-22-9-8-18-10-17(15-30)11-25(24(18)14-22)34(32,33)23-7-3-6-21(28)13-23/h3,6-9,13-14,16-17,19-20,25-26,30H,2,4-5,10-12,15H2,1H3,(H,29,31)/t16-,17+,19?,20?,25?,26?/m0/s1. The highest BCUT2D eigenvalue weighted by atomic mass is 35.5. The number of hydrogen-bond acceptors (Lipinski definition) is 4. The zero-order valence-electron chi connectivity index (χ0n) is 19.4. The summed E-state index contributed by atoms with van der Waals surface area (Å²) in [6, 6.07) is 11.9. The molecule has 0 radical (unpaired) electrons. The maximum Gasteiger partial charge on any atom is 0.227 e. The number of halogens is 1. The van der Waals surface area contributed by atoms with E-state index in [0.29, 0.717) is 46.9 Å². The van der Waals surface area contributed by atoms with Gasteiger partial charge in [-0.15, -0.1) is 0 Å². The van der Waals surface area contributed by atoms with Crippen LogP contribution in [0, 0.1) is 29.6 Å². The Hall–Kier alpha value is -1.89. The molecular formula is C27H32ClNO4S. The van der Waals surface area contributed by atoms with Crippen molar-refractivity contribution in [3.8, 4) is 0 Å². The van der Waals surface area contributed by atoms with Gasteiger partial charge in [0.2, 0.25) is 5.91 Å². The normalized spacial score (nSPS) is 29.0. The van der Waals surface area contributed by atoms with Gasteiger partial charge in [-0.2, -0.15) is 0 Å². The third-order valence-corrected chi connectivity index (χ3v) is 10.8. The Balaban J connectivity index is 1.42. The van der Waals surface area contributed by atoms with Crippen LogP contribution >= 0.6 is 11.6 Å². The van der Waals surface area contributed by atoms with Crippen molar-refractivity contribution in [1.29, 1.82) is 0 Å². The van der Waals surface area contributed by atoms with Crippen LogP contribution in [0.25, 0.3) is 0 Å². The van der Waals surface area contributed by atoms with Crippen LogP contribution in [-0.4, -0.2) is 26.0 Å². The molecular weight excluding hydrogens is 470 g/mol. The molecule has 0 aliphatic heterocycles. The van der Waals surface area contributed by atoms with Crippen molar-refractivity contribution < 1.29 is 18.3 Å². The minimum atomic E-state index is -3.73. The highest BCUT2D eigenvalue weighted by Crippen LogP contribution is 2.54. The number of carbonyl (C=O) groups is 1. The highest BCUT2D eigenvalue weighted by molar-refractivity contribution is 7.91. The summed E-state index contributed by atoms with van der Waals surface area (Å²) in [6.07, 6.45) is 5.94. The summed E-state index contributed by atoms with van der Waals surface area (Å²) < 4.78 is 27.3. The Morgan fingerprint density at radius 1 is 1.15 bits per heavy atom. The molecule has 1 amide bonds. The molecule has 2 fully saturated rings. The molecule has 0 heterocycles. The first kappa shape index (κ1) is 23.8. The Morgan fingerprint density at radius 2 is 1.91 bits per heavy atom. The Labute approximate surface area is 206 Å². The molecule has 2 bridgehead atoms. The molecule has 5 rings (SSSR count). The van der Waals surface area contributed by atoms with Gasteiger partial charge in [0.15, 0.2) is 9.84 Å². The lowest BCUT2D eigenvalue weighted by Gasteiger charge is -2.52. The van der Waals surface area contributed by atoms with Crippen molar-refractivity contribution in [2.45, 2.75) is 55.6 Å². The predicted molar refractivity (Wildman–Crippen MR) is 133 cm³/mol. The minimum absolute atomic E-state index is 0.0137. The second-order valence-electron chi connectivity index (χ2n) is 10.4. The lowest BCUT2D eigenvalue weighted by atomic mass is 9.53. The number of anilines is 1. The first-order chi connectivity index (χ1) is 16.3. The van der Waals surface area contributed by atoms with Crippen LogP contribution in [0.15, 0.2) is 47.4 Å². The van der Waals surface area contributed by atoms with Gasteiger partial charge in [-0.1, -0.05) is 49.9 Å². The minimum Gasteiger partial charge on any atom is -0.396 e. The fraction of sp³-hybridized carbons (Fsp3) is 0.519. The van der Waals surface area contributed by atoms with Gasteiger partial charge >= 0.3 is 0 Å². The second kappa shape index (κ2) is 9.29. The number of sulfone groups is 1. The summed E-state index contributed by atoms with van der Waals surface area (Å²) in [5.41, 5.74) is 2.24. The SMILES string of the molecule is C[C@H](C(=O)Nc1ccc2c(c1)C(S(=O)(=O)c1cccc(Cl)c1)C[C@H](CO)C2)C1C2CCCC1C2. The van der Waals surface area contributed by atoms with Crippen molar-refractivity contribution in [1.82, 2.24) is 0 Å². The Kier molecular flexibility index (Phi) is 6.51. The molecule has 2 saturated carbocycles. The first-order valence-corrected chi connectivity index (χ1v) is 14.2. The van der Waals surface area contributed by atoms with Gasteiger partial charge in [0.1, 0.15) is 0 Å². The van der Waals surface area contributed by atoms with Crippen molar-refractivity contribution in [3.05, 3.63) is 58.6 Å². The number of hydrogen-bond donors (Lipinski definition) is 2. The maximum absolute atomic E-state index is 13.6. The Morgan fingerprint density at radius 3 is 2.59 bits per heavy atom. The molecule has 0 spiro atoms. The van der Waals surface area contributed by atoms with Gasteiger partial charge in [0.05, 0.1) is 10.1 Å². The third-order valence-electron chi connectivity index (χ3n) is 8.41. The second-order valence-corrected chi connectivity index (χ2v) is 13.0. The van der Waals surface area contributed by atoms with E-state index in [-0.39, 0.29) is 29.2 Å². The fourth-order valence-corrected chi connectivity index (χ4v) is 8.85. The van der Waals surface area contributed by atoms with Crippen molar-refractivity contribution in [2.75, 3.05) is 11.9 Å². The Bertz CT molecular complexity index is 1180. The number of fused-ring (bicyclic) bond motifs is 3. The van der Waals surface area contributed by atoms with Gasteiger partial charge < -0.3 is 10.4 Å². The maximum atomic E-state index is 13.6. The molecule has 0 saturated heterocycles. The van der Waals surface area contributed by atoms with E-state index in [2.05, 4.69) is 5.32 Å². The van der Waals surface area contributed by atoms with Gasteiger partial charge in [0, 0.05) is 23.2 Å². The molecule has 0 aromatic heterocycles. The van der Waals surface area contributed by atoms with Crippen LogP contribution in [0.4, 0.5) is 5.69 Å². The number of amides is 1. The lowest BCUT2D eigenvalue weighted by molar-refractivity contribution is -0.127. The predicted octanol–water partition coefficient (Wildman–Crippen LogP) is 5.42. The average molecular weight is 502 g/mol. The monoisotopic (exact) mass is 501 g/mol. The van der Waals surface area contributed by atoms with E-state index >= 15 is 0 Å². The number of nitrogens with one attached hydrogen (secondary N) is 1. The first-order valence-electron chi connectivity index (χ1n) is 12.3. The number of aliphatic hydroxyl groups excluding tert-OH is 1. The summed E-state index contributed by atoms with van der Waals surface area (Å²) in [4.78, 5) is 13.3. The van der Waals surface area contributed by atoms with Crippen LogP contribution in [-0.2, 0) is 21.1 Å². The quantitative estimate of drug-likeness (QED) is 0.553. The molecule has 3 aliphatic rings. The van der Waals surface area contributed by atoms with E-state index in [1.807, 2.05) is 25.1 Å². The third kappa shape index (κ3) is 4.29. The molecule has 2 aromatic rings. The van der Waals surface area contributed by atoms with E-state index < -0.39 is 15.1 Å². The van der Waals surface area contributed by atoms with Crippen molar-refractivity contribution >= 4 is 33.0 Å². The van der Waals surface area contributed by atoms with E-state index in [0.717, 1.165) is 5.56 Å². The molecule has 3 unspecified atom stereocenters. The van der Waals surface area contributed by atoms with Gasteiger partial charge in [0.25, 0.3) is 0 Å². The lowest BCUT2D eigenvalue weighted by Crippen LogP contribution is -2.47. The van der Waals surface area contributed by atoms with Crippen LogP contribution in [0.1, 0.15) is 55.4 Å². The molecule has 2 N–H and O–H groups in total. The number of carbonyl (C=O) groups excluding carboxylic acids is 1. The molecule has 5 nitrogen and oxygen atoms in total. The van der Waals surface area contributed by atoms with Crippen LogP contribution in [0.3, 0.4) is 0 Å². The summed E-state index contributed by atoms with van der Waals surface area (Å²) in [6.45, 7) is 1.96. The number of benzene rings is 2. The average Bonchev–Trinajstić information content (AvgIpc) is 2.83. The van der Waals surface area contributed by atoms with E-state index in [9.17, 15) is 18.3 Å². The van der Waals surface area contributed by atoms with Gasteiger partial charge in [-0.3, -0.25) is 4.79 Å². The van der Waals surface area contributed by atoms with E-state index in [4.69, 9.17) is 11.6 Å². The van der Waals surface area contributed by atoms with Crippen LogP contribution < -0.4 is 5.32 Å². The highest BCUT2D eigenvalue weighted by Gasteiger charge is 2.47. The topological polar surface area (TPSA) is 83.5 Å². The summed E-state index contributed by atoms with van der Waals surface area (Å²) in [7, 11) is -3.73. The molecule has 2 aromatic carbocycles. The number of aliphatic hydroxyl groups is 1. The van der Waals surface area contributed by atoms with Crippen molar-refractivity contribution in [3.63, 3.8) is 0 Å². The van der Waals surface area contributed by atoms with E-state index in [1.54, 1.807) is 18.2 Å². The van der Waals surface area contributed by atoms with Gasteiger partial charge in [-0.05, 0) is 84.4 Å². The molecule has 3 aliphatic carbocycles. The molecule has 5 atom stereocenters. The van der Waals surface area contributed by atoms with E-state index in [1.165, 1.54) is 31.7 Å². The van der Waals surface area contributed by atoms with Gasteiger partial charge in [-0.25, -0.2) is 8.42 Å². The van der Waals surface area contributed by atoms with Crippen molar-refractivity contribution in [2.24, 2.45) is 29.6 Å². The largest absolute Gasteiger partial charge is 0.396 e. The zero-order valence-corrected chi connectivity index (χ0v) is 21.0. The molecule has 34 heavy (non-hydrogen) atoms. The fourth-order valence-electron chi connectivity index (χ4n) is 6.63. The zero-order chi connectivity index (χ0) is 24.0. The van der Waals surface area contributed by atoms with Crippen LogP contribution in [0.2, 0.25) is 5.02 Å².